The summed E-state index contributed by atoms with van der Waals surface area (Å²) in [6.45, 7) is 3.85. The fourth-order valence-electron chi connectivity index (χ4n) is 2.32. The largest absolute Gasteiger partial charge is 0.289 e. The highest BCUT2D eigenvalue weighted by Crippen LogP contribution is 2.21. The zero-order valence-corrected chi connectivity index (χ0v) is 12.6. The van der Waals surface area contributed by atoms with Gasteiger partial charge in [-0.2, -0.15) is 0 Å². The maximum Gasteiger partial charge on any atom is 0.193 e. The average Bonchev–Trinajstić information content (AvgIpc) is 2.49. The number of benzene rings is 2. The van der Waals surface area contributed by atoms with Gasteiger partial charge in [0.1, 0.15) is 0 Å². The Morgan fingerprint density at radius 3 is 2.43 bits per heavy atom. The van der Waals surface area contributed by atoms with Crippen LogP contribution in [0.25, 0.3) is 10.9 Å². The first-order valence-electron chi connectivity index (χ1n) is 6.73. The maximum atomic E-state index is 12.6. The molecule has 0 aliphatic carbocycles. The van der Waals surface area contributed by atoms with Gasteiger partial charge in [-0.05, 0) is 61.9 Å². The summed E-state index contributed by atoms with van der Waals surface area (Å²) in [7, 11) is 0. The van der Waals surface area contributed by atoms with E-state index in [2.05, 4.69) is 4.98 Å². The zero-order valence-electron chi connectivity index (χ0n) is 11.9. The second-order valence-electron chi connectivity index (χ2n) is 5.15. The molecule has 2 nitrogen and oxygen atoms in total. The number of carbonyl (C=O) groups is 1. The summed E-state index contributed by atoms with van der Waals surface area (Å²) < 4.78 is 0. The van der Waals surface area contributed by atoms with Gasteiger partial charge in [0.2, 0.25) is 0 Å². The molecule has 1 heterocycles. The molecular weight excluding hydrogens is 282 g/mol. The molecule has 104 valence electrons. The number of halogens is 1. The van der Waals surface area contributed by atoms with Crippen LogP contribution in [0.5, 0.6) is 0 Å². The lowest BCUT2D eigenvalue weighted by molar-refractivity contribution is 0.103. The lowest BCUT2D eigenvalue weighted by Gasteiger charge is -2.05. The van der Waals surface area contributed by atoms with E-state index in [1.54, 1.807) is 12.1 Å². The Morgan fingerprint density at radius 1 is 0.952 bits per heavy atom. The van der Waals surface area contributed by atoms with Gasteiger partial charge in [-0.3, -0.25) is 9.78 Å². The van der Waals surface area contributed by atoms with Gasteiger partial charge in [0.25, 0.3) is 0 Å². The molecule has 0 saturated carbocycles. The van der Waals surface area contributed by atoms with Gasteiger partial charge < -0.3 is 0 Å². The van der Waals surface area contributed by atoms with Crippen LogP contribution in [0.3, 0.4) is 0 Å². The molecule has 21 heavy (non-hydrogen) atoms. The van der Waals surface area contributed by atoms with Gasteiger partial charge in [0, 0.05) is 27.2 Å². The number of hydrogen-bond donors (Lipinski definition) is 0. The Labute approximate surface area is 128 Å². The van der Waals surface area contributed by atoms with Crippen molar-refractivity contribution < 1.29 is 4.79 Å². The number of carbonyl (C=O) groups excluding carboxylic acids is 1. The van der Waals surface area contributed by atoms with E-state index in [1.807, 2.05) is 50.2 Å². The van der Waals surface area contributed by atoms with Crippen LogP contribution in [0.15, 0.2) is 48.5 Å². The van der Waals surface area contributed by atoms with E-state index >= 15 is 0 Å². The first-order chi connectivity index (χ1) is 10.0. The minimum atomic E-state index is -0.00255. The van der Waals surface area contributed by atoms with E-state index in [0.717, 1.165) is 22.2 Å². The van der Waals surface area contributed by atoms with Crippen molar-refractivity contribution in [3.63, 3.8) is 0 Å². The Kier molecular flexibility index (Phi) is 3.48. The first kappa shape index (κ1) is 13.8. The molecule has 3 aromatic rings. The van der Waals surface area contributed by atoms with E-state index < -0.39 is 0 Å². The minimum absolute atomic E-state index is 0.00255. The number of aryl methyl sites for hydroxylation is 2. The van der Waals surface area contributed by atoms with Crippen molar-refractivity contribution in [1.29, 1.82) is 0 Å². The molecule has 0 saturated heterocycles. The van der Waals surface area contributed by atoms with E-state index in [1.165, 1.54) is 0 Å². The Morgan fingerprint density at radius 2 is 1.67 bits per heavy atom. The van der Waals surface area contributed by atoms with Gasteiger partial charge in [-0.15, -0.1) is 0 Å². The van der Waals surface area contributed by atoms with Gasteiger partial charge >= 0.3 is 0 Å². The molecule has 0 bridgehead atoms. The predicted molar refractivity (Wildman–Crippen MR) is 86.1 cm³/mol. The smallest absolute Gasteiger partial charge is 0.193 e. The van der Waals surface area contributed by atoms with Crippen molar-refractivity contribution in [1.82, 2.24) is 4.98 Å². The van der Waals surface area contributed by atoms with Crippen molar-refractivity contribution in [3.8, 4) is 0 Å². The summed E-state index contributed by atoms with van der Waals surface area (Å²) in [5.41, 5.74) is 4.08. The molecule has 0 unspecified atom stereocenters. The lowest BCUT2D eigenvalue weighted by atomic mass is 10.00. The molecule has 0 aliphatic heterocycles. The van der Waals surface area contributed by atoms with E-state index in [9.17, 15) is 4.79 Å². The molecule has 0 amide bonds. The van der Waals surface area contributed by atoms with Crippen LogP contribution in [-0.4, -0.2) is 10.8 Å². The van der Waals surface area contributed by atoms with Gasteiger partial charge in [0.05, 0.1) is 5.52 Å². The number of aromatic nitrogens is 1. The Hall–Kier alpha value is -2.19. The van der Waals surface area contributed by atoms with Crippen LogP contribution in [-0.2, 0) is 0 Å². The molecular formula is C18H14ClNO. The van der Waals surface area contributed by atoms with E-state index in [-0.39, 0.29) is 5.78 Å². The van der Waals surface area contributed by atoms with Crippen LogP contribution >= 0.6 is 11.6 Å². The normalized spacial score (nSPS) is 10.8. The van der Waals surface area contributed by atoms with Crippen LogP contribution in [0, 0.1) is 13.8 Å². The number of fused-ring (bicyclic) bond motifs is 1. The first-order valence-corrected chi connectivity index (χ1v) is 7.11. The summed E-state index contributed by atoms with van der Waals surface area (Å²) in [6.07, 6.45) is 0. The third-order valence-electron chi connectivity index (χ3n) is 3.51. The predicted octanol–water partition coefficient (Wildman–Crippen LogP) is 4.74. The Balaban J connectivity index is 2.04. The second kappa shape index (κ2) is 5.30. The SMILES string of the molecule is Cc1ccc2cc(C(=O)c3ccc(Cl)c(C)c3)ccc2n1. The third-order valence-corrected chi connectivity index (χ3v) is 3.93. The topological polar surface area (TPSA) is 30.0 Å². The third kappa shape index (κ3) is 2.67. The van der Waals surface area contributed by atoms with E-state index in [4.69, 9.17) is 11.6 Å². The summed E-state index contributed by atoms with van der Waals surface area (Å²) in [4.78, 5) is 17.0. The standard InChI is InChI=1S/C18H14ClNO/c1-11-9-14(5-7-16(11)19)18(21)15-6-8-17-13(10-15)4-3-12(2)20-17/h3-10H,1-2H3. The van der Waals surface area contributed by atoms with Gasteiger partial charge in [-0.1, -0.05) is 17.7 Å². The van der Waals surface area contributed by atoms with Gasteiger partial charge in [0.15, 0.2) is 5.78 Å². The highest BCUT2D eigenvalue weighted by atomic mass is 35.5. The van der Waals surface area contributed by atoms with Crippen LogP contribution in [0.2, 0.25) is 5.02 Å². The van der Waals surface area contributed by atoms with Crippen molar-refractivity contribution in [2.24, 2.45) is 0 Å². The molecule has 0 atom stereocenters. The number of nitrogens with zero attached hydrogens (tertiary/aromatic N) is 1. The van der Waals surface area contributed by atoms with Crippen LogP contribution < -0.4 is 0 Å². The summed E-state index contributed by atoms with van der Waals surface area (Å²) >= 11 is 6.00. The summed E-state index contributed by atoms with van der Waals surface area (Å²) in [6, 6.07) is 14.9. The fraction of sp³-hybridized carbons (Fsp3) is 0.111. The zero-order chi connectivity index (χ0) is 15.0. The summed E-state index contributed by atoms with van der Waals surface area (Å²) in [5.74, 6) is -0.00255. The van der Waals surface area contributed by atoms with Crippen LogP contribution in [0.4, 0.5) is 0 Å². The fourth-order valence-corrected chi connectivity index (χ4v) is 2.44. The number of pyridine rings is 1. The van der Waals surface area contributed by atoms with Crippen molar-refractivity contribution >= 4 is 28.3 Å². The van der Waals surface area contributed by atoms with Crippen molar-refractivity contribution in [2.75, 3.05) is 0 Å². The highest BCUT2D eigenvalue weighted by Gasteiger charge is 2.11. The Bertz CT molecular complexity index is 855. The maximum absolute atomic E-state index is 12.6. The van der Waals surface area contributed by atoms with E-state index in [0.29, 0.717) is 16.1 Å². The number of rotatable bonds is 2. The molecule has 1 aromatic heterocycles. The quantitative estimate of drug-likeness (QED) is 0.639. The molecule has 0 aliphatic rings. The molecule has 0 spiro atoms. The van der Waals surface area contributed by atoms with Crippen LogP contribution in [0.1, 0.15) is 27.2 Å². The molecule has 3 rings (SSSR count). The molecule has 0 N–H and O–H groups in total. The number of hydrogen-bond acceptors (Lipinski definition) is 2. The monoisotopic (exact) mass is 295 g/mol. The van der Waals surface area contributed by atoms with Crippen molar-refractivity contribution in [2.45, 2.75) is 13.8 Å². The molecule has 0 fully saturated rings. The lowest BCUT2D eigenvalue weighted by Crippen LogP contribution is -2.02. The highest BCUT2D eigenvalue weighted by molar-refractivity contribution is 6.31. The average molecular weight is 296 g/mol. The second-order valence-corrected chi connectivity index (χ2v) is 5.56. The molecule has 2 aromatic carbocycles. The van der Waals surface area contributed by atoms with Gasteiger partial charge in [-0.25, -0.2) is 0 Å². The van der Waals surface area contributed by atoms with Crippen molar-refractivity contribution in [3.05, 3.63) is 75.9 Å². The minimum Gasteiger partial charge on any atom is -0.289 e. The molecule has 0 radical (unpaired) electrons. The molecule has 3 heteroatoms. The number of ketones is 1. The summed E-state index contributed by atoms with van der Waals surface area (Å²) in [5, 5.41) is 1.64.